The Morgan fingerprint density at radius 3 is 2.44 bits per heavy atom. The van der Waals surface area contributed by atoms with Gasteiger partial charge in [-0.1, -0.05) is 31.4 Å². The van der Waals surface area contributed by atoms with E-state index < -0.39 is 22.1 Å². The Morgan fingerprint density at radius 2 is 1.72 bits per heavy atom. The summed E-state index contributed by atoms with van der Waals surface area (Å²) in [5.41, 5.74) is 0.830. The fourth-order valence-electron chi connectivity index (χ4n) is 4.08. The minimum atomic E-state index is -3.96. The van der Waals surface area contributed by atoms with Crippen LogP contribution < -0.4 is 20.7 Å². The number of benzene rings is 1. The molecule has 1 saturated carbocycles. The molecule has 1 aromatic carbocycles. The van der Waals surface area contributed by atoms with Crippen LogP contribution in [0, 0.1) is 0 Å². The van der Waals surface area contributed by atoms with Crippen LogP contribution in [0.25, 0.3) is 0 Å². The first-order chi connectivity index (χ1) is 15.3. The van der Waals surface area contributed by atoms with Gasteiger partial charge in [0.05, 0.1) is 4.90 Å². The molecule has 0 aromatic heterocycles. The van der Waals surface area contributed by atoms with Crippen LogP contribution in [0.3, 0.4) is 0 Å². The average Bonchev–Trinajstić information content (AvgIpc) is 2.98. The van der Waals surface area contributed by atoms with Crippen molar-refractivity contribution in [2.24, 2.45) is 0 Å². The van der Waals surface area contributed by atoms with Crippen LogP contribution in [0.4, 0.5) is 4.79 Å². The average molecular weight is 465 g/mol. The van der Waals surface area contributed by atoms with E-state index in [1.165, 1.54) is 12.1 Å². The molecule has 1 aliphatic carbocycles. The molecule has 2 fully saturated rings. The molecule has 3 rings (SSSR count). The summed E-state index contributed by atoms with van der Waals surface area (Å²) in [4.78, 5) is 36.3. The molecule has 4 N–H and O–H groups in total. The van der Waals surface area contributed by atoms with Crippen LogP contribution in [0.1, 0.15) is 56.9 Å². The van der Waals surface area contributed by atoms with Crippen molar-refractivity contribution in [3.63, 3.8) is 0 Å². The molecule has 1 atom stereocenters. The maximum absolute atomic E-state index is 12.5. The predicted molar refractivity (Wildman–Crippen MR) is 120 cm³/mol. The molecule has 9 nitrogen and oxygen atoms in total. The van der Waals surface area contributed by atoms with Gasteiger partial charge in [-0.05, 0) is 56.3 Å². The topological polar surface area (TPSA) is 133 Å². The summed E-state index contributed by atoms with van der Waals surface area (Å²) in [5.74, 6) is -0.418. The highest BCUT2D eigenvalue weighted by Gasteiger charge is 2.27. The zero-order valence-electron chi connectivity index (χ0n) is 18.2. The molecule has 0 bridgehead atoms. The summed E-state index contributed by atoms with van der Waals surface area (Å²) >= 11 is 0. The van der Waals surface area contributed by atoms with Gasteiger partial charge >= 0.3 is 6.03 Å². The van der Waals surface area contributed by atoms with E-state index in [0.29, 0.717) is 25.9 Å². The van der Waals surface area contributed by atoms with Crippen LogP contribution in [0.2, 0.25) is 0 Å². The highest BCUT2D eigenvalue weighted by Crippen LogP contribution is 2.17. The molecule has 3 amide bonds. The Bertz CT molecular complexity index is 911. The van der Waals surface area contributed by atoms with Crippen molar-refractivity contribution >= 4 is 27.7 Å². The number of nitrogens with one attached hydrogen (secondary N) is 4. The second kappa shape index (κ2) is 11.4. The third kappa shape index (κ3) is 7.03. The summed E-state index contributed by atoms with van der Waals surface area (Å²) in [6.45, 7) is 0.977. The second-order valence-electron chi connectivity index (χ2n) is 8.41. The van der Waals surface area contributed by atoms with Crippen LogP contribution in [0.5, 0.6) is 0 Å². The van der Waals surface area contributed by atoms with Crippen molar-refractivity contribution in [3.8, 4) is 0 Å². The molecule has 10 heteroatoms. The van der Waals surface area contributed by atoms with Crippen LogP contribution in [-0.2, 0) is 26.0 Å². The normalized spacial score (nSPS) is 20.2. The van der Waals surface area contributed by atoms with Gasteiger partial charge in [-0.2, -0.15) is 0 Å². The molecule has 176 valence electrons. The monoisotopic (exact) mass is 464 g/mol. The van der Waals surface area contributed by atoms with E-state index >= 15 is 0 Å². The molecule has 0 spiro atoms. The Hall–Kier alpha value is -2.46. The summed E-state index contributed by atoms with van der Waals surface area (Å²) in [6.07, 6.45) is 7.51. The fraction of sp³-hybridized carbons (Fsp3) is 0.591. The number of ketones is 1. The number of Topliss-reactive ketones (excluding diaryl/α,β-unsaturated/α-hetero) is 1. The smallest absolute Gasteiger partial charge is 0.328 e. The Kier molecular flexibility index (Phi) is 8.63. The zero-order valence-corrected chi connectivity index (χ0v) is 19.0. The number of carbonyl (C=O) groups excluding carboxylic acids is 3. The van der Waals surface area contributed by atoms with Gasteiger partial charge in [0.2, 0.25) is 5.91 Å². The lowest BCUT2D eigenvalue weighted by Crippen LogP contribution is -2.48. The number of hydrogen-bond donors (Lipinski definition) is 4. The number of amides is 3. The largest absolute Gasteiger partial charge is 0.354 e. The van der Waals surface area contributed by atoms with Gasteiger partial charge in [0.1, 0.15) is 6.04 Å². The van der Waals surface area contributed by atoms with E-state index in [1.54, 1.807) is 12.1 Å². The Labute approximate surface area is 189 Å². The highest BCUT2D eigenvalue weighted by molar-refractivity contribution is 7.90. The third-order valence-corrected chi connectivity index (χ3v) is 7.24. The van der Waals surface area contributed by atoms with Crippen molar-refractivity contribution < 1.29 is 22.8 Å². The Morgan fingerprint density at radius 1 is 1.00 bits per heavy atom. The minimum absolute atomic E-state index is 0.00247. The molecule has 1 aromatic rings. The van der Waals surface area contributed by atoms with Crippen LogP contribution in [0.15, 0.2) is 29.2 Å². The number of hydrogen-bond acceptors (Lipinski definition) is 6. The number of sulfonamides is 1. The fourth-order valence-corrected chi connectivity index (χ4v) is 4.99. The summed E-state index contributed by atoms with van der Waals surface area (Å²) in [6, 6.07) is 4.68. The summed E-state index contributed by atoms with van der Waals surface area (Å²) in [5, 5.41) is 8.47. The second-order valence-corrected chi connectivity index (χ2v) is 10.1. The molecular weight excluding hydrogens is 432 g/mol. The lowest BCUT2D eigenvalue weighted by atomic mass is 9.96. The quantitative estimate of drug-likeness (QED) is 0.451. The van der Waals surface area contributed by atoms with E-state index in [2.05, 4.69) is 20.7 Å². The Balaban J connectivity index is 1.46. The summed E-state index contributed by atoms with van der Waals surface area (Å²) in [7, 11) is -3.96. The van der Waals surface area contributed by atoms with E-state index in [0.717, 1.165) is 50.5 Å². The molecule has 0 radical (unpaired) electrons. The minimum Gasteiger partial charge on any atom is -0.354 e. The summed E-state index contributed by atoms with van der Waals surface area (Å²) < 4.78 is 27.0. The van der Waals surface area contributed by atoms with Crippen molar-refractivity contribution in [1.29, 1.82) is 0 Å². The highest BCUT2D eigenvalue weighted by atomic mass is 32.2. The van der Waals surface area contributed by atoms with Gasteiger partial charge in [-0.25, -0.2) is 17.9 Å². The van der Waals surface area contributed by atoms with Gasteiger partial charge in [0.25, 0.3) is 10.0 Å². The zero-order chi connectivity index (χ0) is 23.0. The van der Waals surface area contributed by atoms with Gasteiger partial charge in [0, 0.05) is 19.0 Å². The van der Waals surface area contributed by atoms with Crippen LogP contribution in [-0.4, -0.2) is 51.3 Å². The molecule has 1 saturated heterocycles. The maximum atomic E-state index is 12.5. The first-order valence-corrected chi connectivity index (χ1v) is 12.8. The molecule has 2 aliphatic rings. The first kappa shape index (κ1) is 24.2. The van der Waals surface area contributed by atoms with Crippen molar-refractivity contribution in [3.05, 3.63) is 29.8 Å². The lowest BCUT2D eigenvalue weighted by molar-refractivity contribution is -0.130. The van der Waals surface area contributed by atoms with Gasteiger partial charge < -0.3 is 10.6 Å². The van der Waals surface area contributed by atoms with E-state index in [-0.39, 0.29) is 22.6 Å². The van der Waals surface area contributed by atoms with Gasteiger partial charge in [0.15, 0.2) is 5.78 Å². The number of urea groups is 1. The first-order valence-electron chi connectivity index (χ1n) is 11.3. The predicted octanol–water partition coefficient (Wildman–Crippen LogP) is 1.38. The van der Waals surface area contributed by atoms with Crippen molar-refractivity contribution in [1.82, 2.24) is 20.7 Å². The van der Waals surface area contributed by atoms with Crippen LogP contribution >= 0.6 is 0 Å². The SMILES string of the molecule is O=C(NC1CCCCC1)NS(=O)(=O)c1ccc(CCNC(=O)C2NCCCCC2=O)cc1. The molecule has 1 unspecified atom stereocenters. The van der Waals surface area contributed by atoms with Crippen molar-refractivity contribution in [2.75, 3.05) is 13.1 Å². The molecule has 1 heterocycles. The lowest BCUT2D eigenvalue weighted by Gasteiger charge is -2.22. The molecule has 32 heavy (non-hydrogen) atoms. The number of rotatable bonds is 7. The van der Waals surface area contributed by atoms with E-state index in [9.17, 15) is 22.8 Å². The third-order valence-electron chi connectivity index (χ3n) is 5.90. The molecule has 1 aliphatic heterocycles. The van der Waals surface area contributed by atoms with Crippen molar-refractivity contribution in [2.45, 2.75) is 74.8 Å². The van der Waals surface area contributed by atoms with E-state index in [1.807, 2.05) is 0 Å². The standard InChI is InChI=1S/C22H32N4O5S/c27-19-8-4-5-14-23-20(19)21(28)24-15-13-16-9-11-18(12-10-16)32(30,31)26-22(29)25-17-6-2-1-3-7-17/h9-12,17,20,23H,1-8,13-15H2,(H,24,28)(H2,25,26,29). The van der Waals surface area contributed by atoms with Gasteiger partial charge in [-0.15, -0.1) is 0 Å². The molecular formula is C22H32N4O5S. The van der Waals surface area contributed by atoms with E-state index in [4.69, 9.17) is 0 Å². The maximum Gasteiger partial charge on any atom is 0.328 e. The number of carbonyl (C=O) groups is 3. The van der Waals surface area contributed by atoms with Gasteiger partial charge in [-0.3, -0.25) is 14.9 Å².